The fourth-order valence-electron chi connectivity index (χ4n) is 7.04. The SMILES string of the molecule is CC(C)(C)CCCCCC(=O)[O-].CC(C)(C)CCCCCC(=O)[O-].CC(C)(C)CCCCCC(=O)[O-].O=C([O-])c1ccc2cccc(O)c2n1.O=C([O-])c1ccc2cccc(O)c2n1.O=C([O-])c1ccc2cccc(O)c2n1.[Bi+3].[Bi+3]. The number of pyridine rings is 3. The van der Waals surface area contributed by atoms with Crippen LogP contribution in [0.15, 0.2) is 91.0 Å². The summed E-state index contributed by atoms with van der Waals surface area (Å²) < 4.78 is 0. The number of carboxylic acid groups (broad SMARTS) is 6. The van der Waals surface area contributed by atoms with E-state index in [1.807, 2.05) is 0 Å². The first-order chi connectivity index (χ1) is 36.3. The van der Waals surface area contributed by atoms with Gasteiger partial charge in [-0.2, -0.15) is 0 Å². The van der Waals surface area contributed by atoms with Crippen molar-refractivity contribution in [2.75, 3.05) is 0 Å². The van der Waals surface area contributed by atoms with E-state index in [1.165, 1.54) is 55.7 Å². The molecule has 0 fully saturated rings. The molecule has 0 unspecified atom stereocenters. The van der Waals surface area contributed by atoms with Gasteiger partial charge in [-0.3, -0.25) is 0 Å². The molecule has 0 saturated heterocycles. The molecule has 0 bridgehead atoms. The van der Waals surface area contributed by atoms with Crippen molar-refractivity contribution in [3.63, 3.8) is 0 Å². The van der Waals surface area contributed by atoms with Gasteiger partial charge in [0.1, 0.15) is 33.8 Å². The molecule has 0 spiro atoms. The van der Waals surface area contributed by atoms with Crippen LogP contribution < -0.4 is 30.6 Å². The molecule has 3 N–H and O–H groups in total. The van der Waals surface area contributed by atoms with E-state index in [-0.39, 0.29) is 123 Å². The number of fused-ring (bicyclic) bond motifs is 3. The quantitative estimate of drug-likeness (QED) is 0.0721. The van der Waals surface area contributed by atoms with Gasteiger partial charge in [0, 0.05) is 34.1 Å². The van der Waals surface area contributed by atoms with Gasteiger partial charge >= 0.3 is 52.4 Å². The number of para-hydroxylation sites is 3. The molecule has 0 amide bonds. The van der Waals surface area contributed by atoms with E-state index < -0.39 is 35.8 Å². The van der Waals surface area contributed by atoms with Gasteiger partial charge in [-0.25, -0.2) is 15.0 Å². The Morgan fingerprint density at radius 3 is 0.762 bits per heavy atom. The molecule has 3 aromatic heterocycles. The molecule has 6 aromatic rings. The number of rotatable bonds is 18. The summed E-state index contributed by atoms with van der Waals surface area (Å²) in [6.45, 7) is 19.8. The van der Waals surface area contributed by atoms with Crippen LogP contribution in [0.5, 0.6) is 17.2 Å². The molecule has 0 atom stereocenters. The topological polar surface area (TPSA) is 340 Å². The van der Waals surface area contributed by atoms with Crippen LogP contribution in [0.1, 0.15) is 190 Å². The van der Waals surface area contributed by atoms with Crippen LogP contribution in [-0.2, 0) is 14.4 Å². The van der Waals surface area contributed by atoms with Gasteiger partial charge < -0.3 is 74.7 Å². The summed E-state index contributed by atoms with van der Waals surface area (Å²) in [5, 5.41) is 91.9. The van der Waals surface area contributed by atoms with Gasteiger partial charge in [0.25, 0.3) is 0 Å². The molecule has 4 radical (unpaired) electrons. The van der Waals surface area contributed by atoms with E-state index in [1.54, 1.807) is 54.6 Å². The minimum absolute atomic E-state index is 0. The number of phenols is 3. The fourth-order valence-corrected chi connectivity index (χ4v) is 7.04. The number of phenolic OH excluding ortho intramolecular Hbond substituents is 3. The molecule has 6 rings (SSSR count). The van der Waals surface area contributed by atoms with Crippen molar-refractivity contribution in [2.24, 2.45) is 16.2 Å². The van der Waals surface area contributed by atoms with Crippen molar-refractivity contribution in [2.45, 2.75) is 159 Å². The zero-order valence-corrected chi connectivity index (χ0v) is 54.2. The number of aromatic carboxylic acids is 3. The van der Waals surface area contributed by atoms with Crippen LogP contribution in [-0.4, -0.2) is 118 Å². The number of benzene rings is 3. The van der Waals surface area contributed by atoms with Crippen LogP contribution in [0, 0.1) is 16.2 Å². The Morgan fingerprint density at radius 2 is 0.575 bits per heavy atom. The summed E-state index contributed by atoms with van der Waals surface area (Å²) in [5.74, 6) is -6.94. The number of hydrogen-bond acceptors (Lipinski definition) is 18. The van der Waals surface area contributed by atoms with Crippen LogP contribution in [0.4, 0.5) is 0 Å². The summed E-state index contributed by atoms with van der Waals surface area (Å²) in [5.41, 5.74) is 1.40. The van der Waals surface area contributed by atoms with E-state index in [0.29, 0.717) is 32.4 Å². The van der Waals surface area contributed by atoms with E-state index >= 15 is 0 Å². The van der Waals surface area contributed by atoms with Crippen molar-refractivity contribution in [3.05, 3.63) is 108 Å². The standard InChI is InChI=1S/3C10H7NO3.3C10H20O2.2Bi/c3*12-8-3-1-2-6-4-5-7(10(13)14)11-9(6)8;3*1-10(2,3)8-6-4-5-7-9(11)12;;/h3*1-5,12H,(H,13,14);3*4-8H2,1-3H3,(H,11,12);;/q;;;;;;2*+3/p-6. The molecule has 0 aliphatic rings. The van der Waals surface area contributed by atoms with E-state index in [4.69, 9.17) is 0 Å². The van der Waals surface area contributed by atoms with Crippen molar-refractivity contribution >= 4 is 121 Å². The normalized spacial score (nSPS) is 10.6. The smallest absolute Gasteiger partial charge is 0.550 e. The maximum absolute atomic E-state index is 10.5. The summed E-state index contributed by atoms with van der Waals surface area (Å²) in [4.78, 5) is 72.9. The molecule has 3 aromatic carbocycles. The number of hydrogen-bond donors (Lipinski definition) is 3. The van der Waals surface area contributed by atoms with Gasteiger partial charge in [-0.05, 0) is 110 Å². The maximum Gasteiger partial charge on any atom is 3.00 e. The van der Waals surface area contributed by atoms with Crippen molar-refractivity contribution in [1.82, 2.24) is 15.0 Å². The third-order valence-corrected chi connectivity index (χ3v) is 11.1. The molecule has 20 heteroatoms. The first-order valence-electron chi connectivity index (χ1n) is 25.8. The Labute approximate surface area is 507 Å². The zero-order chi connectivity index (χ0) is 59.2. The predicted molar refractivity (Wildman–Crippen MR) is 297 cm³/mol. The molecule has 0 aliphatic heterocycles. The monoisotopic (exact) mass is 1500 g/mol. The molecule has 80 heavy (non-hydrogen) atoms. The number of aromatic hydroxyl groups is 3. The molecule has 18 nitrogen and oxygen atoms in total. The molecule has 430 valence electrons. The Morgan fingerprint density at radius 1 is 0.350 bits per heavy atom. The van der Waals surface area contributed by atoms with Crippen LogP contribution in [0.2, 0.25) is 0 Å². The largest absolute Gasteiger partial charge is 3.00 e. The number of nitrogens with zero attached hydrogens (tertiary/aromatic N) is 3. The number of aliphatic carboxylic acids is 3. The molecule has 0 saturated carbocycles. The first-order valence-corrected chi connectivity index (χ1v) is 25.8. The predicted octanol–water partition coefficient (Wildman–Crippen LogP) is 5.35. The van der Waals surface area contributed by atoms with Crippen LogP contribution in [0.25, 0.3) is 32.7 Å². The van der Waals surface area contributed by atoms with E-state index in [9.17, 15) is 74.7 Å². The van der Waals surface area contributed by atoms with Crippen LogP contribution in [0.3, 0.4) is 0 Å². The van der Waals surface area contributed by atoms with E-state index in [0.717, 1.165) is 57.8 Å². The molecule has 3 heterocycles. The van der Waals surface area contributed by atoms with Gasteiger partial charge in [0.2, 0.25) is 0 Å². The van der Waals surface area contributed by atoms with Gasteiger partial charge in [0.15, 0.2) is 0 Å². The van der Waals surface area contributed by atoms with Gasteiger partial charge in [-0.1, -0.05) is 155 Å². The minimum atomic E-state index is -1.35. The molecular formula is C60H75Bi2N3O15. The second kappa shape index (κ2) is 38.5. The van der Waals surface area contributed by atoms with Gasteiger partial charge in [0.05, 0.1) is 35.0 Å². The Bertz CT molecular complexity index is 2570. The average molecular weight is 1500 g/mol. The second-order valence-corrected chi connectivity index (χ2v) is 22.0. The number of unbranched alkanes of at least 4 members (excludes halogenated alkanes) is 6. The number of aromatic nitrogens is 3. The summed E-state index contributed by atoms with van der Waals surface area (Å²) >= 11 is 0. The van der Waals surface area contributed by atoms with Crippen molar-refractivity contribution < 1.29 is 74.7 Å². The van der Waals surface area contributed by atoms with E-state index in [2.05, 4.69) is 77.3 Å². The Hall–Kier alpha value is -6.12. The van der Waals surface area contributed by atoms with Gasteiger partial charge in [-0.15, -0.1) is 0 Å². The fraction of sp³-hybridized carbons (Fsp3) is 0.450. The number of carboxylic acids is 6. The Kier molecular flexibility index (Phi) is 36.6. The summed E-state index contributed by atoms with van der Waals surface area (Å²) in [6.07, 6.45) is 12.8. The third kappa shape index (κ3) is 34.8. The van der Waals surface area contributed by atoms with Crippen molar-refractivity contribution in [1.29, 1.82) is 0 Å². The summed E-state index contributed by atoms with van der Waals surface area (Å²) in [7, 11) is 0. The number of carbonyl (C=O) groups excluding carboxylic acids is 6. The minimum Gasteiger partial charge on any atom is -0.550 e. The maximum atomic E-state index is 10.5. The average Bonchev–Trinajstić information content (AvgIpc) is 3.33. The Balaban J connectivity index is 0. The number of carbonyl (C=O) groups is 6. The molecule has 0 aliphatic carbocycles. The molecular weight excluding hydrogens is 1420 g/mol. The third-order valence-electron chi connectivity index (χ3n) is 11.1. The summed E-state index contributed by atoms with van der Waals surface area (Å²) in [6, 6.07) is 23.3. The second-order valence-electron chi connectivity index (χ2n) is 22.0. The van der Waals surface area contributed by atoms with Crippen LogP contribution >= 0.6 is 0 Å². The first kappa shape index (κ1) is 75.9. The zero-order valence-electron chi connectivity index (χ0n) is 47.2. The van der Waals surface area contributed by atoms with Crippen molar-refractivity contribution in [3.8, 4) is 17.2 Å².